The second-order valence-electron chi connectivity index (χ2n) is 19.0. The minimum Gasteiger partial charge on any atom is -0.423 e. The molecule has 0 aliphatic heterocycles. The Kier molecular flexibility index (Phi) is 32.6. The summed E-state index contributed by atoms with van der Waals surface area (Å²) in [5.74, 6) is 0. The van der Waals surface area contributed by atoms with Crippen LogP contribution >= 0.6 is 15.9 Å². The van der Waals surface area contributed by atoms with Crippen LogP contribution in [0.15, 0.2) is 159 Å². The van der Waals surface area contributed by atoms with Crippen LogP contribution in [0.3, 0.4) is 0 Å². The summed E-state index contributed by atoms with van der Waals surface area (Å²) in [5.41, 5.74) is 13.1. The highest BCUT2D eigenvalue weighted by atomic mass is 79.9. The van der Waals surface area contributed by atoms with Gasteiger partial charge in [0, 0.05) is 94.1 Å². The lowest BCUT2D eigenvalue weighted by Crippen LogP contribution is -2.29. The molecule has 0 aliphatic carbocycles. The lowest BCUT2D eigenvalue weighted by atomic mass is 9.80. The van der Waals surface area contributed by atoms with Crippen molar-refractivity contribution in [3.05, 3.63) is 199 Å². The van der Waals surface area contributed by atoms with Crippen molar-refractivity contribution in [2.45, 2.75) is 75.5 Å². The van der Waals surface area contributed by atoms with E-state index in [2.05, 4.69) is 100 Å². The van der Waals surface area contributed by atoms with Gasteiger partial charge in [-0.2, -0.15) is 44.1 Å². The zero-order valence-corrected chi connectivity index (χ0v) is 53.9. The molecule has 490 valence electrons. The van der Waals surface area contributed by atoms with Gasteiger partial charge in [0.25, 0.3) is 16.7 Å². The number of rotatable bonds is 7. The maximum absolute atomic E-state index is 12.3. The Morgan fingerprint density at radius 1 is 0.443 bits per heavy atom. The fourth-order valence-electron chi connectivity index (χ4n) is 8.45. The zero-order chi connectivity index (χ0) is 71.2. The Hall–Kier alpha value is -11.7. The van der Waals surface area contributed by atoms with E-state index in [4.69, 9.17) is 48.9 Å². The molecule has 11 heterocycles. The first-order chi connectivity index (χ1) is 46.2. The van der Waals surface area contributed by atoms with Gasteiger partial charge < -0.3 is 33.8 Å². The molecule has 4 N–H and O–H groups in total. The van der Waals surface area contributed by atoms with Crippen molar-refractivity contribution >= 4 is 125 Å². The Morgan fingerprint density at radius 3 is 1.11 bits per heavy atom. The van der Waals surface area contributed by atoms with Crippen molar-refractivity contribution in [2.75, 3.05) is 0 Å². The van der Waals surface area contributed by atoms with E-state index in [1.54, 1.807) is 94.9 Å². The van der Waals surface area contributed by atoms with Crippen LogP contribution in [0.1, 0.15) is 50.7 Å². The molecule has 0 saturated heterocycles. The highest BCUT2D eigenvalue weighted by molar-refractivity contribution is 9.10. The highest BCUT2D eigenvalue weighted by Gasteiger charge is 2.17. The minimum absolute atomic E-state index is 0. The number of halogens is 1. The van der Waals surface area contributed by atoms with Crippen molar-refractivity contribution < 1.29 is 48.9 Å². The fourth-order valence-corrected chi connectivity index (χ4v) is 8.79. The van der Waals surface area contributed by atoms with Crippen molar-refractivity contribution in [3.8, 4) is 35.1 Å². The number of hydrogen-bond donors (Lipinski definition) is 4. The quantitative estimate of drug-likeness (QED) is 0.132. The number of terminal acetylenes is 1. The summed E-state index contributed by atoms with van der Waals surface area (Å²) >= 11 is 3.33. The van der Waals surface area contributed by atoms with E-state index in [9.17, 15) is 14.4 Å². The molecule has 0 spiro atoms. The Labute approximate surface area is 563 Å². The normalized spacial score (nSPS) is 9.67. The average Bonchev–Trinajstić information content (AvgIpc) is 1.71. The van der Waals surface area contributed by atoms with Gasteiger partial charge in [0.2, 0.25) is 0 Å². The van der Waals surface area contributed by atoms with E-state index >= 15 is 0 Å². The number of hydrogen-bond acceptors (Lipinski definition) is 24. The number of aromatic nitrogens is 17. The predicted octanol–water partition coefficient (Wildman–Crippen LogP) is 2.60. The molecule has 0 atom stereocenters. The maximum atomic E-state index is 12.3. The maximum Gasteiger partial charge on any atom is 0.490 e. The van der Waals surface area contributed by atoms with E-state index < -0.39 is 14.2 Å². The number of fused-ring (bicyclic) bond motifs is 9. The summed E-state index contributed by atoms with van der Waals surface area (Å²) in [4.78, 5) is 93.6. The first kappa shape index (κ1) is 79.5. The van der Waals surface area contributed by atoms with Crippen LogP contribution in [0.5, 0.6) is 0 Å². The first-order valence-corrected chi connectivity index (χ1v) is 28.8. The van der Waals surface area contributed by atoms with Gasteiger partial charge in [0.15, 0.2) is 33.5 Å². The van der Waals surface area contributed by atoms with Gasteiger partial charge in [-0.15, -0.1) is 43.4 Å². The molecule has 0 saturated carbocycles. The second-order valence-corrected chi connectivity index (χ2v) is 19.9. The van der Waals surface area contributed by atoms with Crippen molar-refractivity contribution in [2.24, 2.45) is 0 Å². The summed E-state index contributed by atoms with van der Waals surface area (Å²) in [5, 5.41) is 72.3. The van der Waals surface area contributed by atoms with Crippen LogP contribution in [-0.4, -0.2) is 151 Å². The zero-order valence-electron chi connectivity index (χ0n) is 52.3. The van der Waals surface area contributed by atoms with Gasteiger partial charge in [-0.3, -0.25) is 24.4 Å². The molecule has 0 fully saturated rings. The molecule has 35 heteroatoms. The summed E-state index contributed by atoms with van der Waals surface area (Å²) in [6, 6.07) is 28.0. The third-order valence-corrected chi connectivity index (χ3v) is 13.7. The highest BCUT2D eigenvalue weighted by Crippen LogP contribution is 2.26. The van der Waals surface area contributed by atoms with Gasteiger partial charge >= 0.3 is 32.7 Å². The number of nitrogens with zero attached hydrogens (tertiary/aromatic N) is 17. The van der Waals surface area contributed by atoms with Gasteiger partial charge in [-0.05, 0) is 106 Å². The smallest absolute Gasteiger partial charge is 0.423 e. The lowest BCUT2D eigenvalue weighted by Gasteiger charge is -2.04. The van der Waals surface area contributed by atoms with E-state index in [0.29, 0.717) is 80.6 Å². The molecule has 0 unspecified atom stereocenters. The molecule has 13 rings (SSSR count). The minimum atomic E-state index is -1.41. The predicted molar refractivity (Wildman–Crippen MR) is 363 cm³/mol. The fraction of sp³-hybridized carbons (Fsp3) is 0.177. The molecule has 0 aliphatic rings. The largest absolute Gasteiger partial charge is 0.490 e. The topological polar surface area (TPSA) is 404 Å². The molecule has 0 bridgehead atoms. The molecule has 4 radical (unpaired) electrons. The third kappa shape index (κ3) is 20.4. The van der Waals surface area contributed by atoms with Crippen LogP contribution in [0.25, 0.3) is 72.3 Å². The van der Waals surface area contributed by atoms with E-state index in [-0.39, 0.29) is 42.6 Å². The molecule has 13 aromatic rings. The standard InChI is InChI=1S/C17H15N5O.C16H14N6O.C10H8BrN5O.C7H9BO2.C6H8BNO2.C2H2.3CO2.CH4.B2/c1-3-21-9-8-14-15(17(21)23)19-20-16-13(10-18-22(14)16)12-6-4-11(2)5-7-12;1-3-21-7-6-13-14(16(21)23)19-20-15-12(9-18-22(13)15)11-5-4-10(2)17-8-11;1-2-15-4-3-7-8(10(15)17)13-14-9-6(11)5-12-16(7)9;1-6-2-4-7(5-3-6)8(9)10;1-5-2-3-6(4-8-5)7(9)10;1-2;3*2-1-3;;1-2/h4-10H,3H2,1-2H3;4-9H,3H2,1-2H3;3-5H,2H2,1H3;2-5,9-10H,1H3;2-4,9-10H,1H3;1-2H;;;;1H4;. The van der Waals surface area contributed by atoms with Crippen LogP contribution in [0, 0.1) is 40.5 Å². The molecule has 97 heavy (non-hydrogen) atoms. The third-order valence-electron chi connectivity index (χ3n) is 13.2. The van der Waals surface area contributed by atoms with Crippen molar-refractivity contribution in [1.29, 1.82) is 0 Å². The van der Waals surface area contributed by atoms with Crippen LogP contribution in [-0.2, 0) is 48.4 Å². The van der Waals surface area contributed by atoms with Crippen molar-refractivity contribution in [1.82, 2.24) is 83.1 Å². The van der Waals surface area contributed by atoms with Crippen molar-refractivity contribution in [3.63, 3.8) is 0 Å². The first-order valence-electron chi connectivity index (χ1n) is 28.0. The Morgan fingerprint density at radius 2 is 0.763 bits per heavy atom. The molecule has 0 amide bonds. The van der Waals surface area contributed by atoms with Gasteiger partial charge in [0.1, 0.15) is 16.6 Å². The SMILES string of the molecule is C.C#C.CCn1ccc2c(nnc3c(-c4ccc(C)cc4)cnn32)c1=O.CCn1ccc2c(nnc3c(-c4ccc(C)nc4)cnn32)c1=O.CCn1ccc2c(nnc3c(Br)cnn32)c1=O.Cc1ccc(B(O)O)cc1.Cc1ccc(B(O)O)cn1.O=C=O.O=C=O.O=C=O.[B][B]. The second kappa shape index (κ2) is 39.8. The Balaban J connectivity index is 0.000000311. The molecule has 11 aromatic heterocycles. The summed E-state index contributed by atoms with van der Waals surface area (Å²) < 4.78 is 10.5. The van der Waals surface area contributed by atoms with Gasteiger partial charge in [-0.25, -0.2) is 13.5 Å². The number of benzene rings is 2. The Bertz CT molecular complexity index is 4760. The van der Waals surface area contributed by atoms with Crippen LogP contribution in [0.4, 0.5) is 0 Å². The number of carbonyl (C=O) groups excluding carboxylic acids is 6. The van der Waals surface area contributed by atoms with E-state index in [0.717, 1.165) is 43.7 Å². The van der Waals surface area contributed by atoms with E-state index in [1.807, 2.05) is 115 Å². The van der Waals surface area contributed by atoms with Crippen LogP contribution in [0.2, 0.25) is 0 Å². The summed E-state index contributed by atoms with van der Waals surface area (Å²) in [6.45, 7) is 15.3. The van der Waals surface area contributed by atoms with E-state index in [1.165, 1.54) is 11.8 Å². The number of pyridine rings is 5. The number of aryl methyl sites for hydroxylation is 7. The molecular weight excluding hydrogens is 1310 g/mol. The molecule has 2 aromatic carbocycles. The van der Waals surface area contributed by atoms with Gasteiger partial charge in [0.05, 0.1) is 28.6 Å². The molecule has 30 nitrogen and oxygen atoms in total. The average molecular weight is 1370 g/mol. The monoisotopic (exact) mass is 1370 g/mol. The molecular formula is C62H60B4BrN17O13. The van der Waals surface area contributed by atoms with Gasteiger partial charge in [-0.1, -0.05) is 79.2 Å². The summed E-state index contributed by atoms with van der Waals surface area (Å²) in [6.07, 6.45) is 22.4. The van der Waals surface area contributed by atoms with Crippen LogP contribution < -0.4 is 27.6 Å². The summed E-state index contributed by atoms with van der Waals surface area (Å²) in [7, 11) is 5.24. The lowest BCUT2D eigenvalue weighted by molar-refractivity contribution is -0.193.